The average molecular weight is 356 g/mol. The summed E-state index contributed by atoms with van der Waals surface area (Å²) in [6, 6.07) is 3.50. The zero-order valence-corrected chi connectivity index (χ0v) is 14.3. The first-order chi connectivity index (χ1) is 12.7. The predicted molar refractivity (Wildman–Crippen MR) is 90.6 cm³/mol. The molecule has 2 aliphatic heterocycles. The second kappa shape index (κ2) is 7.20. The van der Waals surface area contributed by atoms with Crippen LogP contribution in [0.5, 0.6) is 0 Å². The number of nitrogens with zero attached hydrogens (tertiary/aromatic N) is 6. The molecule has 4 rings (SSSR count). The number of carbonyl (C=O) groups excluding carboxylic acids is 2. The van der Waals surface area contributed by atoms with E-state index in [9.17, 15) is 9.59 Å². The summed E-state index contributed by atoms with van der Waals surface area (Å²) >= 11 is 0. The Bertz CT molecular complexity index is 762. The van der Waals surface area contributed by atoms with Crippen molar-refractivity contribution in [2.75, 3.05) is 32.8 Å². The highest BCUT2D eigenvalue weighted by molar-refractivity contribution is 5.94. The zero-order valence-electron chi connectivity index (χ0n) is 14.3. The van der Waals surface area contributed by atoms with Gasteiger partial charge in [-0.1, -0.05) is 0 Å². The zero-order chi connectivity index (χ0) is 17.9. The Morgan fingerprint density at radius 3 is 2.38 bits per heavy atom. The van der Waals surface area contributed by atoms with Crippen LogP contribution in [-0.4, -0.2) is 80.3 Å². The fourth-order valence-corrected chi connectivity index (χ4v) is 3.27. The third-order valence-corrected chi connectivity index (χ3v) is 4.76. The van der Waals surface area contributed by atoms with Gasteiger partial charge in [-0.05, 0) is 25.0 Å². The van der Waals surface area contributed by atoms with Gasteiger partial charge in [0, 0.05) is 39.0 Å². The molecule has 0 spiro atoms. The fourth-order valence-electron chi connectivity index (χ4n) is 3.27. The summed E-state index contributed by atoms with van der Waals surface area (Å²) in [6.07, 6.45) is 6.09. The maximum atomic E-state index is 12.7. The molecule has 9 heteroatoms. The van der Waals surface area contributed by atoms with E-state index < -0.39 is 0 Å². The Kier molecular flexibility index (Phi) is 4.61. The summed E-state index contributed by atoms with van der Waals surface area (Å²) in [6.45, 7) is 2.77. The lowest BCUT2D eigenvalue weighted by Gasteiger charge is -2.35. The van der Waals surface area contributed by atoms with Crippen molar-refractivity contribution in [1.29, 1.82) is 0 Å². The van der Waals surface area contributed by atoms with Crippen LogP contribution in [-0.2, 0) is 9.53 Å². The molecule has 2 saturated heterocycles. The Morgan fingerprint density at radius 2 is 1.77 bits per heavy atom. The first kappa shape index (κ1) is 16.6. The Hall–Kier alpha value is -2.81. The van der Waals surface area contributed by atoms with E-state index in [1.54, 1.807) is 45.4 Å². The number of ether oxygens (including phenoxy) is 1. The van der Waals surface area contributed by atoms with Crippen molar-refractivity contribution in [3.63, 3.8) is 0 Å². The number of piperazine rings is 1. The minimum absolute atomic E-state index is 0.0505. The van der Waals surface area contributed by atoms with Gasteiger partial charge in [0.2, 0.25) is 0 Å². The SMILES string of the molecule is O=C(c1ccc(-n2cnnc2)nc1)N1CCN(C(=O)C2CCCO2)CC1. The highest BCUT2D eigenvalue weighted by Gasteiger charge is 2.31. The molecule has 26 heavy (non-hydrogen) atoms. The van der Waals surface area contributed by atoms with Gasteiger partial charge >= 0.3 is 0 Å². The van der Waals surface area contributed by atoms with Crippen molar-refractivity contribution in [2.24, 2.45) is 0 Å². The average Bonchev–Trinajstić information content (AvgIpc) is 3.41. The molecule has 1 atom stereocenters. The molecule has 0 saturated carbocycles. The van der Waals surface area contributed by atoms with E-state index in [0.29, 0.717) is 44.2 Å². The Morgan fingerprint density at radius 1 is 1.04 bits per heavy atom. The number of carbonyl (C=O) groups is 2. The lowest BCUT2D eigenvalue weighted by Crippen LogP contribution is -2.52. The van der Waals surface area contributed by atoms with Gasteiger partial charge in [0.15, 0.2) is 0 Å². The summed E-state index contributed by atoms with van der Waals surface area (Å²) in [5, 5.41) is 7.47. The van der Waals surface area contributed by atoms with Gasteiger partial charge in [0.25, 0.3) is 11.8 Å². The van der Waals surface area contributed by atoms with E-state index in [4.69, 9.17) is 4.74 Å². The molecular formula is C17H20N6O3. The van der Waals surface area contributed by atoms with Gasteiger partial charge in [-0.25, -0.2) is 4.98 Å². The molecule has 2 aromatic heterocycles. The van der Waals surface area contributed by atoms with E-state index in [1.165, 1.54) is 0 Å². The largest absolute Gasteiger partial charge is 0.368 e. The van der Waals surface area contributed by atoms with Crippen molar-refractivity contribution in [3.8, 4) is 5.82 Å². The van der Waals surface area contributed by atoms with Crippen LogP contribution in [0.25, 0.3) is 5.82 Å². The first-order valence-corrected chi connectivity index (χ1v) is 8.73. The molecule has 2 aliphatic rings. The topological polar surface area (TPSA) is 93.5 Å². The van der Waals surface area contributed by atoms with Crippen LogP contribution in [0.1, 0.15) is 23.2 Å². The molecule has 2 aromatic rings. The van der Waals surface area contributed by atoms with E-state index in [2.05, 4.69) is 15.2 Å². The van der Waals surface area contributed by atoms with Crippen molar-refractivity contribution in [1.82, 2.24) is 29.5 Å². The quantitative estimate of drug-likeness (QED) is 0.776. The van der Waals surface area contributed by atoms with Gasteiger partial charge in [-0.15, -0.1) is 10.2 Å². The number of rotatable bonds is 3. The molecule has 0 radical (unpaired) electrons. The molecule has 0 aliphatic carbocycles. The van der Waals surface area contributed by atoms with Gasteiger partial charge < -0.3 is 14.5 Å². The van der Waals surface area contributed by atoms with E-state index in [-0.39, 0.29) is 17.9 Å². The standard InChI is InChI=1S/C17H20N6O3/c24-16(13-3-4-15(18-10-13)23-11-19-20-12-23)21-5-7-22(8-6-21)17(25)14-2-1-9-26-14/h3-4,10-12,14H,1-2,5-9H2. The van der Waals surface area contributed by atoms with E-state index >= 15 is 0 Å². The van der Waals surface area contributed by atoms with Crippen molar-refractivity contribution < 1.29 is 14.3 Å². The first-order valence-electron chi connectivity index (χ1n) is 8.73. The van der Waals surface area contributed by atoms with Crippen molar-refractivity contribution in [2.45, 2.75) is 18.9 Å². The maximum absolute atomic E-state index is 12.7. The molecule has 0 N–H and O–H groups in total. The van der Waals surface area contributed by atoms with Crippen LogP contribution in [0.2, 0.25) is 0 Å². The summed E-state index contributed by atoms with van der Waals surface area (Å²) in [4.78, 5) is 32.9. The number of hydrogen-bond acceptors (Lipinski definition) is 6. The van der Waals surface area contributed by atoms with Crippen LogP contribution in [0.4, 0.5) is 0 Å². The molecule has 0 bridgehead atoms. The second-order valence-corrected chi connectivity index (χ2v) is 6.39. The van der Waals surface area contributed by atoms with Crippen molar-refractivity contribution in [3.05, 3.63) is 36.5 Å². The second-order valence-electron chi connectivity index (χ2n) is 6.39. The maximum Gasteiger partial charge on any atom is 0.255 e. The lowest BCUT2D eigenvalue weighted by atomic mass is 10.2. The molecular weight excluding hydrogens is 336 g/mol. The third-order valence-electron chi connectivity index (χ3n) is 4.76. The molecule has 9 nitrogen and oxygen atoms in total. The van der Waals surface area contributed by atoms with Crippen LogP contribution in [0.15, 0.2) is 31.0 Å². The van der Waals surface area contributed by atoms with Crippen LogP contribution < -0.4 is 0 Å². The van der Waals surface area contributed by atoms with Gasteiger partial charge in [-0.2, -0.15) is 0 Å². The summed E-state index contributed by atoms with van der Waals surface area (Å²) in [5.41, 5.74) is 0.528. The number of pyridine rings is 1. The molecule has 2 fully saturated rings. The van der Waals surface area contributed by atoms with Gasteiger partial charge in [0.05, 0.1) is 5.56 Å². The van der Waals surface area contributed by atoms with Crippen LogP contribution in [0, 0.1) is 0 Å². The van der Waals surface area contributed by atoms with Gasteiger partial charge in [-0.3, -0.25) is 14.2 Å². The number of hydrogen-bond donors (Lipinski definition) is 0. The highest BCUT2D eigenvalue weighted by Crippen LogP contribution is 2.17. The fraction of sp³-hybridized carbons (Fsp3) is 0.471. The molecule has 4 heterocycles. The number of aromatic nitrogens is 4. The minimum Gasteiger partial charge on any atom is -0.368 e. The summed E-state index contributed by atoms with van der Waals surface area (Å²) in [5.74, 6) is 0.630. The predicted octanol–water partition coefficient (Wildman–Crippen LogP) is 0.126. The molecule has 1 unspecified atom stereocenters. The summed E-state index contributed by atoms with van der Waals surface area (Å²) < 4.78 is 7.13. The molecule has 0 aromatic carbocycles. The monoisotopic (exact) mass is 356 g/mol. The lowest BCUT2D eigenvalue weighted by molar-refractivity contribution is -0.142. The highest BCUT2D eigenvalue weighted by atomic mass is 16.5. The normalized spacial score (nSPS) is 20.4. The summed E-state index contributed by atoms with van der Waals surface area (Å²) in [7, 11) is 0. The third kappa shape index (κ3) is 3.30. The molecule has 136 valence electrons. The minimum atomic E-state index is -0.299. The van der Waals surface area contributed by atoms with Gasteiger partial charge in [0.1, 0.15) is 24.6 Å². The van der Waals surface area contributed by atoms with Crippen LogP contribution >= 0.6 is 0 Å². The Balaban J connectivity index is 1.35. The van der Waals surface area contributed by atoms with Crippen molar-refractivity contribution >= 4 is 11.8 Å². The Labute approximate surface area is 150 Å². The van der Waals surface area contributed by atoms with E-state index in [1.807, 2.05) is 0 Å². The number of amides is 2. The van der Waals surface area contributed by atoms with E-state index in [0.717, 1.165) is 12.8 Å². The van der Waals surface area contributed by atoms with Crippen LogP contribution in [0.3, 0.4) is 0 Å². The smallest absolute Gasteiger partial charge is 0.255 e. The molecule has 2 amide bonds.